The predicted molar refractivity (Wildman–Crippen MR) is 70.0 cm³/mol. The molecular formula is C14H20N2O2. The number of nitrogens with two attached hydrogens (primary N) is 1. The fourth-order valence-corrected chi connectivity index (χ4v) is 2.34. The van der Waals surface area contributed by atoms with Gasteiger partial charge in [-0.2, -0.15) is 0 Å². The van der Waals surface area contributed by atoms with E-state index in [2.05, 4.69) is 29.2 Å². The van der Waals surface area contributed by atoms with Crippen LogP contribution in [0.2, 0.25) is 0 Å². The van der Waals surface area contributed by atoms with E-state index < -0.39 is 11.5 Å². The van der Waals surface area contributed by atoms with Crippen LogP contribution in [-0.4, -0.2) is 28.1 Å². The number of hydrogen-bond acceptors (Lipinski definition) is 3. The lowest BCUT2D eigenvalue weighted by Crippen LogP contribution is -2.45. The smallest absolute Gasteiger partial charge is 0.323 e. The molecule has 1 aromatic carbocycles. The number of carbonyl (C=O) groups is 1. The maximum atomic E-state index is 10.9. The summed E-state index contributed by atoms with van der Waals surface area (Å²) < 4.78 is 0. The van der Waals surface area contributed by atoms with Crippen LogP contribution in [0.15, 0.2) is 24.3 Å². The van der Waals surface area contributed by atoms with E-state index in [1.165, 1.54) is 11.1 Å². The number of benzene rings is 1. The third kappa shape index (κ3) is 2.89. The molecule has 3 N–H and O–H groups in total. The van der Waals surface area contributed by atoms with Gasteiger partial charge in [0.1, 0.15) is 5.54 Å². The van der Waals surface area contributed by atoms with Gasteiger partial charge in [-0.3, -0.25) is 9.69 Å². The highest BCUT2D eigenvalue weighted by Crippen LogP contribution is 2.22. The second-order valence-corrected chi connectivity index (χ2v) is 5.31. The zero-order chi connectivity index (χ0) is 13.2. The Kier molecular flexibility index (Phi) is 3.68. The predicted octanol–water partition coefficient (Wildman–Crippen LogP) is 1.58. The van der Waals surface area contributed by atoms with Gasteiger partial charge in [-0.1, -0.05) is 24.3 Å². The lowest BCUT2D eigenvalue weighted by Gasteiger charge is -2.21. The molecule has 0 bridgehead atoms. The minimum atomic E-state index is -1.10. The second-order valence-electron chi connectivity index (χ2n) is 5.31. The number of carboxylic acids is 1. The second kappa shape index (κ2) is 5.08. The summed E-state index contributed by atoms with van der Waals surface area (Å²) in [5.41, 5.74) is 7.37. The van der Waals surface area contributed by atoms with E-state index in [-0.39, 0.29) is 0 Å². The molecule has 0 aliphatic carbocycles. The van der Waals surface area contributed by atoms with Crippen LogP contribution in [0.1, 0.15) is 30.9 Å². The van der Waals surface area contributed by atoms with Crippen molar-refractivity contribution in [1.82, 2.24) is 4.90 Å². The number of carboxylic acid groups (broad SMARTS) is 1. The van der Waals surface area contributed by atoms with Gasteiger partial charge in [0.05, 0.1) is 0 Å². The molecule has 2 rings (SSSR count). The molecule has 1 aliphatic heterocycles. The molecule has 4 nitrogen and oxygen atoms in total. The summed E-state index contributed by atoms with van der Waals surface area (Å²) in [7, 11) is 0. The minimum absolute atomic E-state index is 0.509. The number of aliphatic carboxylic acids is 1. The largest absolute Gasteiger partial charge is 0.480 e. The van der Waals surface area contributed by atoms with Crippen molar-refractivity contribution in [2.24, 2.45) is 5.73 Å². The van der Waals surface area contributed by atoms with E-state index in [1.54, 1.807) is 6.92 Å². The van der Waals surface area contributed by atoms with Gasteiger partial charge in [0, 0.05) is 13.1 Å². The first-order valence-electron chi connectivity index (χ1n) is 6.30. The number of rotatable bonds is 5. The molecule has 0 fully saturated rings. The number of hydrogen-bond donors (Lipinski definition) is 2. The molecule has 1 atom stereocenters. The summed E-state index contributed by atoms with van der Waals surface area (Å²) in [6.45, 7) is 4.40. The Bertz CT molecular complexity index is 418. The molecule has 1 aliphatic rings. The van der Waals surface area contributed by atoms with Crippen LogP contribution >= 0.6 is 0 Å². The highest BCUT2D eigenvalue weighted by molar-refractivity contribution is 5.77. The lowest BCUT2D eigenvalue weighted by molar-refractivity contribution is -0.142. The summed E-state index contributed by atoms with van der Waals surface area (Å²) in [5.74, 6) is -0.924. The van der Waals surface area contributed by atoms with E-state index in [9.17, 15) is 4.79 Å². The minimum Gasteiger partial charge on any atom is -0.480 e. The first kappa shape index (κ1) is 13.1. The van der Waals surface area contributed by atoms with Gasteiger partial charge in [0.2, 0.25) is 0 Å². The summed E-state index contributed by atoms with van der Waals surface area (Å²) in [5, 5.41) is 8.94. The SMILES string of the molecule is CC(N)(CCCN1Cc2ccccc2C1)C(=O)O. The third-order valence-electron chi connectivity index (χ3n) is 3.57. The molecule has 1 unspecified atom stereocenters. The van der Waals surface area contributed by atoms with Crippen molar-refractivity contribution in [1.29, 1.82) is 0 Å². The molecule has 4 heteroatoms. The molecular weight excluding hydrogens is 228 g/mol. The Morgan fingerprint density at radius 3 is 2.44 bits per heavy atom. The van der Waals surface area contributed by atoms with Gasteiger partial charge < -0.3 is 10.8 Å². The molecule has 0 amide bonds. The third-order valence-corrected chi connectivity index (χ3v) is 3.57. The first-order valence-corrected chi connectivity index (χ1v) is 6.30. The Hall–Kier alpha value is -1.39. The standard InChI is InChI=1S/C14H20N2O2/c1-14(15,13(17)18)7-4-8-16-9-11-5-2-3-6-12(11)10-16/h2-3,5-6H,4,7-10,15H2,1H3,(H,17,18). The van der Waals surface area contributed by atoms with E-state index in [0.29, 0.717) is 6.42 Å². The van der Waals surface area contributed by atoms with E-state index in [0.717, 1.165) is 26.1 Å². The Balaban J connectivity index is 1.79. The normalized spacial score (nSPS) is 18.3. The van der Waals surface area contributed by atoms with Crippen LogP contribution in [0.4, 0.5) is 0 Å². The average molecular weight is 248 g/mol. The van der Waals surface area contributed by atoms with Crippen LogP contribution in [-0.2, 0) is 17.9 Å². The Labute approximate surface area is 107 Å². The van der Waals surface area contributed by atoms with Crippen molar-refractivity contribution in [3.05, 3.63) is 35.4 Å². The molecule has 1 heterocycles. The molecule has 0 radical (unpaired) electrons. The Morgan fingerprint density at radius 2 is 1.94 bits per heavy atom. The zero-order valence-electron chi connectivity index (χ0n) is 10.7. The lowest BCUT2D eigenvalue weighted by atomic mass is 9.97. The summed E-state index contributed by atoms with van der Waals surface area (Å²) in [6, 6.07) is 8.42. The molecule has 18 heavy (non-hydrogen) atoms. The van der Waals surface area contributed by atoms with E-state index in [1.807, 2.05) is 0 Å². The van der Waals surface area contributed by atoms with Gasteiger partial charge >= 0.3 is 5.97 Å². The van der Waals surface area contributed by atoms with Gasteiger partial charge in [0.15, 0.2) is 0 Å². The van der Waals surface area contributed by atoms with Crippen molar-refractivity contribution >= 4 is 5.97 Å². The van der Waals surface area contributed by atoms with Crippen LogP contribution in [0, 0.1) is 0 Å². The maximum absolute atomic E-state index is 10.9. The van der Waals surface area contributed by atoms with Crippen molar-refractivity contribution in [2.45, 2.75) is 38.4 Å². The fraction of sp³-hybridized carbons (Fsp3) is 0.500. The molecule has 1 aromatic rings. The van der Waals surface area contributed by atoms with Crippen LogP contribution in [0.5, 0.6) is 0 Å². The first-order chi connectivity index (χ1) is 8.49. The molecule has 0 aromatic heterocycles. The topological polar surface area (TPSA) is 66.6 Å². The monoisotopic (exact) mass is 248 g/mol. The van der Waals surface area contributed by atoms with Crippen LogP contribution in [0.25, 0.3) is 0 Å². The summed E-state index contributed by atoms with van der Waals surface area (Å²) in [6.07, 6.45) is 1.32. The number of fused-ring (bicyclic) bond motifs is 1. The average Bonchev–Trinajstić information content (AvgIpc) is 2.70. The summed E-state index contributed by atoms with van der Waals surface area (Å²) >= 11 is 0. The van der Waals surface area contributed by atoms with Gasteiger partial charge in [0.25, 0.3) is 0 Å². The highest BCUT2D eigenvalue weighted by Gasteiger charge is 2.27. The van der Waals surface area contributed by atoms with Crippen molar-refractivity contribution < 1.29 is 9.90 Å². The Morgan fingerprint density at radius 1 is 1.39 bits per heavy atom. The van der Waals surface area contributed by atoms with Crippen LogP contribution in [0.3, 0.4) is 0 Å². The van der Waals surface area contributed by atoms with Gasteiger partial charge in [-0.15, -0.1) is 0 Å². The van der Waals surface area contributed by atoms with Gasteiger partial charge in [-0.25, -0.2) is 0 Å². The highest BCUT2D eigenvalue weighted by atomic mass is 16.4. The molecule has 0 spiro atoms. The van der Waals surface area contributed by atoms with Gasteiger partial charge in [-0.05, 0) is 37.4 Å². The maximum Gasteiger partial charge on any atom is 0.323 e. The molecule has 0 saturated carbocycles. The quantitative estimate of drug-likeness (QED) is 0.830. The number of nitrogens with zero attached hydrogens (tertiary/aromatic N) is 1. The van der Waals surface area contributed by atoms with E-state index >= 15 is 0 Å². The molecule has 98 valence electrons. The van der Waals surface area contributed by atoms with Crippen LogP contribution < -0.4 is 5.73 Å². The molecule has 0 saturated heterocycles. The van der Waals surface area contributed by atoms with Crippen molar-refractivity contribution in [3.8, 4) is 0 Å². The zero-order valence-corrected chi connectivity index (χ0v) is 10.7. The summed E-state index contributed by atoms with van der Waals surface area (Å²) in [4.78, 5) is 13.2. The van der Waals surface area contributed by atoms with Crippen molar-refractivity contribution in [2.75, 3.05) is 6.54 Å². The van der Waals surface area contributed by atoms with Crippen molar-refractivity contribution in [3.63, 3.8) is 0 Å². The van der Waals surface area contributed by atoms with E-state index in [4.69, 9.17) is 10.8 Å². The fourth-order valence-electron chi connectivity index (χ4n) is 2.34.